The Morgan fingerprint density at radius 3 is 2.56 bits per heavy atom. The van der Waals surface area contributed by atoms with Crippen molar-refractivity contribution in [3.05, 3.63) is 71.4 Å². The largest absolute Gasteiger partial charge is 0.461 e. The van der Waals surface area contributed by atoms with E-state index in [9.17, 15) is 4.79 Å². The predicted molar refractivity (Wildman–Crippen MR) is 105 cm³/mol. The van der Waals surface area contributed by atoms with E-state index >= 15 is 0 Å². The SMILES string of the molecule is CC(=O)OCc1cnc(-c2ccc(-c3nc4ccccc4[nH]3)cc2)c(Cl)c1. The van der Waals surface area contributed by atoms with Crippen molar-refractivity contribution in [1.82, 2.24) is 15.0 Å². The Balaban J connectivity index is 1.59. The number of esters is 1. The molecule has 4 aromatic rings. The van der Waals surface area contributed by atoms with Gasteiger partial charge in [-0.15, -0.1) is 0 Å². The fraction of sp³-hybridized carbons (Fsp3) is 0.0952. The molecule has 27 heavy (non-hydrogen) atoms. The second-order valence-corrected chi connectivity index (χ2v) is 6.54. The van der Waals surface area contributed by atoms with Crippen molar-refractivity contribution >= 4 is 28.6 Å². The van der Waals surface area contributed by atoms with Gasteiger partial charge in [-0.3, -0.25) is 9.78 Å². The maximum atomic E-state index is 10.9. The van der Waals surface area contributed by atoms with Gasteiger partial charge >= 0.3 is 5.97 Å². The number of fused-ring (bicyclic) bond motifs is 1. The van der Waals surface area contributed by atoms with Crippen LogP contribution in [-0.2, 0) is 16.1 Å². The van der Waals surface area contributed by atoms with Crippen molar-refractivity contribution in [2.45, 2.75) is 13.5 Å². The molecule has 0 aliphatic rings. The van der Waals surface area contributed by atoms with Crippen LogP contribution in [0.3, 0.4) is 0 Å². The Bertz CT molecular complexity index is 1090. The third kappa shape index (κ3) is 3.68. The highest BCUT2D eigenvalue weighted by molar-refractivity contribution is 6.33. The zero-order valence-corrected chi connectivity index (χ0v) is 15.3. The number of aromatic amines is 1. The van der Waals surface area contributed by atoms with Crippen LogP contribution in [0.2, 0.25) is 5.02 Å². The fourth-order valence-electron chi connectivity index (χ4n) is 2.83. The van der Waals surface area contributed by atoms with E-state index in [1.165, 1.54) is 6.92 Å². The lowest BCUT2D eigenvalue weighted by molar-refractivity contribution is -0.142. The highest BCUT2D eigenvalue weighted by Gasteiger charge is 2.09. The Morgan fingerprint density at radius 2 is 1.85 bits per heavy atom. The minimum Gasteiger partial charge on any atom is -0.461 e. The van der Waals surface area contributed by atoms with Crippen LogP contribution in [0.15, 0.2) is 60.8 Å². The van der Waals surface area contributed by atoms with Gasteiger partial charge in [0.15, 0.2) is 0 Å². The number of carbonyl (C=O) groups is 1. The monoisotopic (exact) mass is 377 g/mol. The number of ether oxygens (including phenoxy) is 1. The van der Waals surface area contributed by atoms with Crippen LogP contribution >= 0.6 is 11.6 Å². The average Bonchev–Trinajstić information content (AvgIpc) is 3.11. The van der Waals surface area contributed by atoms with Gasteiger partial charge in [0.1, 0.15) is 12.4 Å². The Labute approximate surface area is 161 Å². The van der Waals surface area contributed by atoms with E-state index in [0.29, 0.717) is 10.7 Å². The number of benzene rings is 2. The third-order valence-corrected chi connectivity index (χ3v) is 4.45. The summed E-state index contributed by atoms with van der Waals surface area (Å²) in [5.41, 5.74) is 5.25. The van der Waals surface area contributed by atoms with Crippen molar-refractivity contribution < 1.29 is 9.53 Å². The number of imidazole rings is 1. The summed E-state index contributed by atoms with van der Waals surface area (Å²) in [4.78, 5) is 23.3. The molecule has 0 radical (unpaired) electrons. The molecule has 2 heterocycles. The first kappa shape index (κ1) is 17.2. The summed E-state index contributed by atoms with van der Waals surface area (Å²) < 4.78 is 4.97. The topological polar surface area (TPSA) is 67.9 Å². The van der Waals surface area contributed by atoms with Gasteiger partial charge in [0.05, 0.1) is 21.7 Å². The van der Waals surface area contributed by atoms with E-state index in [1.54, 1.807) is 12.3 Å². The molecule has 134 valence electrons. The summed E-state index contributed by atoms with van der Waals surface area (Å²) in [5, 5.41) is 0.510. The molecule has 0 aliphatic carbocycles. The third-order valence-electron chi connectivity index (χ3n) is 4.16. The lowest BCUT2D eigenvalue weighted by Gasteiger charge is -2.07. The van der Waals surface area contributed by atoms with Crippen LogP contribution in [0.25, 0.3) is 33.7 Å². The molecule has 0 saturated heterocycles. The molecule has 0 spiro atoms. The molecular weight excluding hydrogens is 362 g/mol. The van der Waals surface area contributed by atoms with Crippen LogP contribution in [0.4, 0.5) is 0 Å². The summed E-state index contributed by atoms with van der Waals surface area (Å²) in [6, 6.07) is 17.6. The maximum absolute atomic E-state index is 10.9. The molecule has 6 heteroatoms. The number of para-hydroxylation sites is 2. The van der Waals surface area contributed by atoms with E-state index in [0.717, 1.165) is 33.5 Å². The lowest BCUT2D eigenvalue weighted by atomic mass is 10.1. The molecule has 0 aliphatic heterocycles. The molecular formula is C21H16ClN3O2. The van der Waals surface area contributed by atoms with E-state index in [4.69, 9.17) is 16.3 Å². The molecule has 5 nitrogen and oxygen atoms in total. The number of rotatable bonds is 4. The highest BCUT2D eigenvalue weighted by atomic mass is 35.5. The van der Waals surface area contributed by atoms with Gasteiger partial charge in [0.25, 0.3) is 0 Å². The van der Waals surface area contributed by atoms with Crippen LogP contribution < -0.4 is 0 Å². The molecule has 0 amide bonds. The molecule has 2 aromatic heterocycles. The molecule has 2 aromatic carbocycles. The zero-order valence-electron chi connectivity index (χ0n) is 14.6. The Hall–Kier alpha value is -3.18. The number of halogens is 1. The van der Waals surface area contributed by atoms with Crippen LogP contribution in [0, 0.1) is 0 Å². The van der Waals surface area contributed by atoms with Gasteiger partial charge in [0.2, 0.25) is 0 Å². The normalized spacial score (nSPS) is 10.9. The number of nitrogens with zero attached hydrogens (tertiary/aromatic N) is 2. The zero-order chi connectivity index (χ0) is 18.8. The van der Waals surface area contributed by atoms with Crippen molar-refractivity contribution in [2.24, 2.45) is 0 Å². The van der Waals surface area contributed by atoms with Gasteiger partial charge in [-0.25, -0.2) is 4.98 Å². The molecule has 1 N–H and O–H groups in total. The van der Waals surface area contributed by atoms with Crippen LogP contribution in [0.1, 0.15) is 12.5 Å². The van der Waals surface area contributed by atoms with Gasteiger partial charge < -0.3 is 9.72 Å². The van der Waals surface area contributed by atoms with Gasteiger partial charge in [-0.05, 0) is 18.2 Å². The Morgan fingerprint density at radius 1 is 1.11 bits per heavy atom. The summed E-state index contributed by atoms with van der Waals surface area (Å²) in [7, 11) is 0. The van der Waals surface area contributed by atoms with Gasteiger partial charge in [0, 0.05) is 29.8 Å². The number of nitrogens with one attached hydrogen (secondary N) is 1. The fourth-order valence-corrected chi connectivity index (χ4v) is 3.13. The predicted octanol–water partition coefficient (Wildman–Crippen LogP) is 5.01. The number of H-pyrrole nitrogens is 1. The van der Waals surface area contributed by atoms with Crippen molar-refractivity contribution in [1.29, 1.82) is 0 Å². The maximum Gasteiger partial charge on any atom is 0.302 e. The number of hydrogen-bond donors (Lipinski definition) is 1. The average molecular weight is 378 g/mol. The first-order chi connectivity index (χ1) is 13.1. The number of pyridine rings is 1. The number of carbonyl (C=O) groups excluding carboxylic acids is 1. The minimum atomic E-state index is -0.337. The summed E-state index contributed by atoms with van der Waals surface area (Å²) in [5.74, 6) is 0.481. The molecule has 0 fully saturated rings. The van der Waals surface area contributed by atoms with E-state index < -0.39 is 0 Å². The summed E-state index contributed by atoms with van der Waals surface area (Å²) in [6.07, 6.45) is 1.66. The van der Waals surface area contributed by atoms with Crippen LogP contribution in [-0.4, -0.2) is 20.9 Å². The van der Waals surface area contributed by atoms with Gasteiger partial charge in [-0.1, -0.05) is 48.0 Å². The molecule has 0 saturated carbocycles. The number of hydrogen-bond acceptors (Lipinski definition) is 4. The second-order valence-electron chi connectivity index (χ2n) is 6.13. The molecule has 0 unspecified atom stereocenters. The Kier molecular flexibility index (Phi) is 4.60. The van der Waals surface area contributed by atoms with E-state index in [2.05, 4.69) is 15.0 Å². The molecule has 0 atom stereocenters. The molecule has 0 bridgehead atoms. The lowest BCUT2D eigenvalue weighted by Crippen LogP contribution is -1.99. The van der Waals surface area contributed by atoms with Crippen LogP contribution in [0.5, 0.6) is 0 Å². The summed E-state index contributed by atoms with van der Waals surface area (Å²) >= 11 is 6.37. The highest BCUT2D eigenvalue weighted by Crippen LogP contribution is 2.29. The summed E-state index contributed by atoms with van der Waals surface area (Å²) in [6.45, 7) is 1.53. The number of aromatic nitrogens is 3. The first-order valence-corrected chi connectivity index (χ1v) is 8.81. The van der Waals surface area contributed by atoms with E-state index in [1.807, 2.05) is 48.5 Å². The first-order valence-electron chi connectivity index (χ1n) is 8.43. The molecule has 4 rings (SSSR count). The van der Waals surface area contributed by atoms with Crippen molar-refractivity contribution in [2.75, 3.05) is 0 Å². The smallest absolute Gasteiger partial charge is 0.302 e. The minimum absolute atomic E-state index is 0.160. The standard InChI is InChI=1S/C21H16ClN3O2/c1-13(26)27-12-14-10-17(22)20(23-11-14)15-6-8-16(9-7-15)21-24-18-4-2-3-5-19(18)25-21/h2-11H,12H2,1H3,(H,24,25). The van der Waals surface area contributed by atoms with Crippen molar-refractivity contribution in [3.63, 3.8) is 0 Å². The van der Waals surface area contributed by atoms with Gasteiger partial charge in [-0.2, -0.15) is 0 Å². The van der Waals surface area contributed by atoms with Crippen molar-refractivity contribution in [3.8, 4) is 22.6 Å². The second kappa shape index (κ2) is 7.21. The van der Waals surface area contributed by atoms with E-state index in [-0.39, 0.29) is 12.6 Å². The quantitative estimate of drug-likeness (QED) is 0.508.